The molecule has 54 heavy (non-hydrogen) atoms. The molecule has 0 amide bonds. The lowest BCUT2D eigenvalue weighted by Crippen LogP contribution is -2.02. The monoisotopic (exact) mass is 694 g/mol. The highest BCUT2D eigenvalue weighted by atomic mass is 16.3. The second-order valence-electron chi connectivity index (χ2n) is 13.8. The van der Waals surface area contributed by atoms with E-state index in [1.165, 1.54) is 0 Å². The number of benzene rings is 7. The molecule has 0 aliphatic heterocycles. The molecule has 9 heteroatoms. The highest BCUT2D eigenvalue weighted by Gasteiger charge is 2.22. The third-order valence-corrected chi connectivity index (χ3v) is 10.9. The molecule has 0 aliphatic carbocycles. The number of para-hydroxylation sites is 9. The number of imidazole rings is 4. The Kier molecular flexibility index (Phi) is 5.20. The van der Waals surface area contributed by atoms with Crippen molar-refractivity contribution in [3.8, 4) is 11.4 Å². The van der Waals surface area contributed by atoms with Crippen LogP contribution in [0.15, 0.2) is 162 Å². The van der Waals surface area contributed by atoms with Crippen LogP contribution in [0.25, 0.3) is 106 Å². The molecule has 252 valence electrons. The second kappa shape index (κ2) is 10.0. The molecule has 9 nitrogen and oxygen atoms in total. The number of furan rings is 1. The molecule has 6 heterocycles. The third-order valence-electron chi connectivity index (χ3n) is 10.9. The first-order valence-corrected chi connectivity index (χ1v) is 18.0. The van der Waals surface area contributed by atoms with E-state index < -0.39 is 0 Å². The number of aromatic nitrogens is 8. The van der Waals surface area contributed by atoms with Gasteiger partial charge in [-0.15, -0.1) is 0 Å². The van der Waals surface area contributed by atoms with Gasteiger partial charge in [-0.1, -0.05) is 66.7 Å². The minimum absolute atomic E-state index is 0.764. The van der Waals surface area contributed by atoms with Crippen LogP contribution in [-0.2, 0) is 0 Å². The SMILES string of the molecule is c1ccc2c(c1)nc1n(-c3ccc4oc5ccccc5c4c3)c3ccc(-n4c5nc6ccccc6n5c5ccccc5n5c6ccccc6nc45)cc3n21. The summed E-state index contributed by atoms with van der Waals surface area (Å²) >= 11 is 0. The molecule has 0 unspecified atom stereocenters. The van der Waals surface area contributed by atoms with E-state index in [4.69, 9.17) is 19.4 Å². The van der Waals surface area contributed by atoms with Crippen molar-refractivity contribution in [2.24, 2.45) is 0 Å². The molecular weight excluding hydrogens is 669 g/mol. The molecular formula is C45H26N8O. The third kappa shape index (κ3) is 3.54. The zero-order valence-corrected chi connectivity index (χ0v) is 28.5. The predicted octanol–water partition coefficient (Wildman–Crippen LogP) is 10.4. The van der Waals surface area contributed by atoms with Crippen molar-refractivity contribution in [2.75, 3.05) is 0 Å². The topological polar surface area (TPSA) is 74.9 Å². The molecule has 0 atom stereocenters. The largest absolute Gasteiger partial charge is 0.456 e. The fourth-order valence-corrected chi connectivity index (χ4v) is 8.60. The molecule has 0 radical (unpaired) electrons. The molecule has 7 aromatic carbocycles. The fraction of sp³-hybridized carbons (Fsp3) is 0. The maximum Gasteiger partial charge on any atom is 0.223 e. The summed E-state index contributed by atoms with van der Waals surface area (Å²) in [5, 5.41) is 2.16. The van der Waals surface area contributed by atoms with Crippen LogP contribution in [0.4, 0.5) is 0 Å². The van der Waals surface area contributed by atoms with Crippen LogP contribution < -0.4 is 0 Å². The fourth-order valence-electron chi connectivity index (χ4n) is 8.60. The average molecular weight is 695 g/mol. The van der Waals surface area contributed by atoms with E-state index in [9.17, 15) is 0 Å². The van der Waals surface area contributed by atoms with Crippen LogP contribution in [0.2, 0.25) is 0 Å². The number of hydrogen-bond donors (Lipinski definition) is 0. The van der Waals surface area contributed by atoms with Gasteiger partial charge in [-0.3, -0.25) is 17.8 Å². The van der Waals surface area contributed by atoms with E-state index >= 15 is 0 Å². The lowest BCUT2D eigenvalue weighted by molar-refractivity contribution is 0.669. The molecule has 0 bridgehead atoms. The molecule has 0 saturated carbocycles. The first-order chi connectivity index (χ1) is 26.8. The smallest absolute Gasteiger partial charge is 0.223 e. The van der Waals surface area contributed by atoms with Crippen LogP contribution in [-0.4, -0.2) is 37.3 Å². The van der Waals surface area contributed by atoms with Gasteiger partial charge in [0, 0.05) is 10.8 Å². The maximum absolute atomic E-state index is 6.21. The van der Waals surface area contributed by atoms with Gasteiger partial charge in [-0.2, -0.15) is 0 Å². The summed E-state index contributed by atoms with van der Waals surface area (Å²) in [6.45, 7) is 0. The minimum Gasteiger partial charge on any atom is -0.456 e. The zero-order chi connectivity index (χ0) is 35.1. The van der Waals surface area contributed by atoms with Crippen LogP contribution in [0.3, 0.4) is 0 Å². The first-order valence-electron chi connectivity index (χ1n) is 18.0. The lowest BCUT2D eigenvalue weighted by Gasteiger charge is -2.09. The van der Waals surface area contributed by atoms with Crippen molar-refractivity contribution in [3.63, 3.8) is 0 Å². The van der Waals surface area contributed by atoms with Crippen molar-refractivity contribution in [2.45, 2.75) is 0 Å². The van der Waals surface area contributed by atoms with Crippen molar-refractivity contribution in [3.05, 3.63) is 158 Å². The van der Waals surface area contributed by atoms with Gasteiger partial charge in [0.25, 0.3) is 0 Å². The van der Waals surface area contributed by atoms with E-state index in [1.807, 2.05) is 30.3 Å². The standard InChI is InChI=1S/C45H26N8O/c1-10-20-41-29(11-1)30-25-27(22-24-42(30)54-41)49-39-23-21-28(26-40(39)53-36-17-7-4-14-33(36)46-43(49)53)50-44-47-31-12-2-5-15-34(31)51(44)37-18-8-9-19-38(37)52-35-16-6-3-13-32(35)48-45(50)52/h1-26H. The summed E-state index contributed by atoms with van der Waals surface area (Å²) < 4.78 is 17.5. The molecule has 13 rings (SSSR count). The summed E-state index contributed by atoms with van der Waals surface area (Å²) in [5.74, 6) is 2.36. The first kappa shape index (κ1) is 28.0. The van der Waals surface area contributed by atoms with Crippen molar-refractivity contribution in [1.29, 1.82) is 0 Å². The highest BCUT2D eigenvalue weighted by Crippen LogP contribution is 2.36. The summed E-state index contributed by atoms with van der Waals surface area (Å²) in [7, 11) is 0. The Morgan fingerprint density at radius 2 is 0.796 bits per heavy atom. The van der Waals surface area contributed by atoms with Gasteiger partial charge < -0.3 is 4.42 Å². The minimum atomic E-state index is 0.764. The van der Waals surface area contributed by atoms with Gasteiger partial charge in [0.05, 0.1) is 66.5 Å². The van der Waals surface area contributed by atoms with E-state index in [-0.39, 0.29) is 0 Å². The van der Waals surface area contributed by atoms with Crippen LogP contribution in [0, 0.1) is 0 Å². The Morgan fingerprint density at radius 3 is 1.43 bits per heavy atom. The van der Waals surface area contributed by atoms with Gasteiger partial charge >= 0.3 is 0 Å². The Balaban J connectivity index is 1.20. The van der Waals surface area contributed by atoms with Gasteiger partial charge in [0.15, 0.2) is 0 Å². The summed E-state index contributed by atoms with van der Waals surface area (Å²) in [6, 6.07) is 54.7. The maximum atomic E-state index is 6.21. The van der Waals surface area contributed by atoms with E-state index in [1.54, 1.807) is 0 Å². The van der Waals surface area contributed by atoms with E-state index in [0.29, 0.717) is 0 Å². The number of rotatable bonds is 2. The van der Waals surface area contributed by atoms with Gasteiger partial charge in [-0.25, -0.2) is 19.5 Å². The Labute approximate surface area is 304 Å². The van der Waals surface area contributed by atoms with Crippen LogP contribution in [0.1, 0.15) is 0 Å². The lowest BCUT2D eigenvalue weighted by atomic mass is 10.1. The molecule has 13 aromatic rings. The van der Waals surface area contributed by atoms with E-state index in [0.717, 1.165) is 106 Å². The summed E-state index contributed by atoms with van der Waals surface area (Å²) in [6.07, 6.45) is 0. The molecule has 0 N–H and O–H groups in total. The Hall–Kier alpha value is -7.65. The van der Waals surface area contributed by atoms with E-state index in [2.05, 4.69) is 150 Å². The Bertz CT molecular complexity index is 3640. The van der Waals surface area contributed by atoms with Crippen LogP contribution >= 0.6 is 0 Å². The Morgan fingerprint density at radius 1 is 0.333 bits per heavy atom. The molecule has 0 fully saturated rings. The van der Waals surface area contributed by atoms with Crippen molar-refractivity contribution >= 4 is 94.4 Å². The quantitative estimate of drug-likeness (QED) is 0.181. The highest BCUT2D eigenvalue weighted by molar-refractivity contribution is 6.06. The van der Waals surface area contributed by atoms with Crippen molar-refractivity contribution in [1.82, 2.24) is 37.3 Å². The predicted molar refractivity (Wildman–Crippen MR) is 215 cm³/mol. The normalized spacial score (nSPS) is 12.4. The molecule has 0 saturated heterocycles. The number of nitrogens with zero attached hydrogens (tertiary/aromatic N) is 8. The van der Waals surface area contributed by atoms with Gasteiger partial charge in [0.2, 0.25) is 17.3 Å². The second-order valence-corrected chi connectivity index (χ2v) is 13.8. The summed E-state index contributed by atoms with van der Waals surface area (Å²) in [4.78, 5) is 15.9. The van der Waals surface area contributed by atoms with Crippen molar-refractivity contribution < 1.29 is 4.42 Å². The summed E-state index contributed by atoms with van der Waals surface area (Å²) in [5.41, 5.74) is 13.6. The number of fused-ring (bicyclic) bond motifs is 17. The molecule has 0 spiro atoms. The molecule has 0 aliphatic rings. The number of hydrogen-bond acceptors (Lipinski definition) is 4. The van der Waals surface area contributed by atoms with Gasteiger partial charge in [0.1, 0.15) is 11.2 Å². The average Bonchev–Trinajstić information content (AvgIpc) is 4.02. The zero-order valence-electron chi connectivity index (χ0n) is 28.5. The van der Waals surface area contributed by atoms with Gasteiger partial charge in [-0.05, 0) is 91.0 Å². The molecule has 6 aromatic heterocycles. The van der Waals surface area contributed by atoms with Crippen LogP contribution in [0.5, 0.6) is 0 Å².